The molecule has 0 atom stereocenters. The Kier molecular flexibility index (Phi) is 3.79. The van der Waals surface area contributed by atoms with Crippen LogP contribution in [0.2, 0.25) is 5.02 Å². The average molecular weight is 306 g/mol. The molecule has 2 rings (SSSR count). The standard InChI is InChI=1S/C12H16ClNO4S/c1-12(2)7-18-8-14(12)19(15,16)9-4-5-11(17-3)10(13)6-9/h4-6H,7-8H2,1-3H3. The van der Waals surface area contributed by atoms with E-state index in [0.29, 0.717) is 12.4 Å². The van der Waals surface area contributed by atoms with Gasteiger partial charge in [0.1, 0.15) is 12.5 Å². The number of rotatable bonds is 3. The van der Waals surface area contributed by atoms with E-state index in [4.69, 9.17) is 21.1 Å². The van der Waals surface area contributed by atoms with E-state index < -0.39 is 15.6 Å². The van der Waals surface area contributed by atoms with Crippen molar-refractivity contribution in [1.29, 1.82) is 0 Å². The fourth-order valence-corrected chi connectivity index (χ4v) is 3.95. The van der Waals surface area contributed by atoms with Crippen LogP contribution in [0.3, 0.4) is 0 Å². The van der Waals surface area contributed by atoms with Crippen molar-refractivity contribution in [3.05, 3.63) is 23.2 Å². The lowest BCUT2D eigenvalue weighted by Gasteiger charge is -2.28. The molecule has 0 aromatic heterocycles. The molecule has 19 heavy (non-hydrogen) atoms. The van der Waals surface area contributed by atoms with E-state index in [1.54, 1.807) is 6.07 Å². The molecule has 1 heterocycles. The number of hydrogen-bond donors (Lipinski definition) is 0. The molecule has 0 aliphatic carbocycles. The first kappa shape index (κ1) is 14.6. The van der Waals surface area contributed by atoms with Gasteiger partial charge in [0.2, 0.25) is 10.0 Å². The van der Waals surface area contributed by atoms with Crippen LogP contribution in [0.5, 0.6) is 5.75 Å². The maximum atomic E-state index is 12.5. The second kappa shape index (κ2) is 4.94. The highest BCUT2D eigenvalue weighted by Gasteiger charge is 2.42. The molecule has 0 bridgehead atoms. The normalized spacial score (nSPS) is 19.6. The SMILES string of the molecule is COc1ccc(S(=O)(=O)N2COCC2(C)C)cc1Cl. The summed E-state index contributed by atoms with van der Waals surface area (Å²) in [4.78, 5) is 0.136. The second-order valence-corrected chi connectivity index (χ2v) is 7.21. The first-order valence-corrected chi connectivity index (χ1v) is 7.55. The molecule has 1 aromatic carbocycles. The average Bonchev–Trinajstić information content (AvgIpc) is 2.69. The zero-order valence-electron chi connectivity index (χ0n) is 11.0. The maximum Gasteiger partial charge on any atom is 0.245 e. The molecule has 5 nitrogen and oxygen atoms in total. The van der Waals surface area contributed by atoms with E-state index in [2.05, 4.69) is 0 Å². The van der Waals surface area contributed by atoms with E-state index in [1.807, 2.05) is 13.8 Å². The van der Waals surface area contributed by atoms with Crippen molar-refractivity contribution >= 4 is 21.6 Å². The molecule has 0 radical (unpaired) electrons. The highest BCUT2D eigenvalue weighted by atomic mass is 35.5. The lowest BCUT2D eigenvalue weighted by molar-refractivity contribution is 0.171. The Balaban J connectivity index is 2.43. The topological polar surface area (TPSA) is 55.8 Å². The van der Waals surface area contributed by atoms with E-state index in [1.165, 1.54) is 23.5 Å². The highest BCUT2D eigenvalue weighted by Crippen LogP contribution is 2.32. The molecule has 1 aliphatic rings. The predicted molar refractivity (Wildman–Crippen MR) is 71.9 cm³/mol. The van der Waals surface area contributed by atoms with Gasteiger partial charge in [-0.05, 0) is 32.0 Å². The zero-order valence-corrected chi connectivity index (χ0v) is 12.6. The van der Waals surface area contributed by atoms with E-state index in [0.717, 1.165) is 0 Å². The molecule has 0 saturated carbocycles. The van der Waals surface area contributed by atoms with Gasteiger partial charge in [-0.3, -0.25) is 0 Å². The summed E-state index contributed by atoms with van der Waals surface area (Å²) in [6.07, 6.45) is 0. The summed E-state index contributed by atoms with van der Waals surface area (Å²) in [5, 5.41) is 0.265. The van der Waals surface area contributed by atoms with Gasteiger partial charge in [0, 0.05) is 0 Å². The zero-order chi connectivity index (χ0) is 14.3. The molecular formula is C12H16ClNO4S. The van der Waals surface area contributed by atoms with Gasteiger partial charge in [0.05, 0.1) is 29.2 Å². The lowest BCUT2D eigenvalue weighted by atomic mass is 10.1. The molecule has 1 aromatic rings. The van der Waals surface area contributed by atoms with Crippen molar-refractivity contribution in [2.45, 2.75) is 24.3 Å². The Morgan fingerprint density at radius 2 is 2.11 bits per heavy atom. The van der Waals surface area contributed by atoms with Crippen LogP contribution in [0.25, 0.3) is 0 Å². The predicted octanol–water partition coefficient (Wildman–Crippen LogP) is 2.11. The lowest BCUT2D eigenvalue weighted by Crippen LogP contribution is -2.44. The van der Waals surface area contributed by atoms with Gasteiger partial charge in [-0.15, -0.1) is 0 Å². The Hall–Kier alpha value is -0.820. The number of hydrogen-bond acceptors (Lipinski definition) is 4. The minimum Gasteiger partial charge on any atom is -0.495 e. The van der Waals surface area contributed by atoms with Gasteiger partial charge in [-0.2, -0.15) is 4.31 Å². The van der Waals surface area contributed by atoms with Crippen LogP contribution >= 0.6 is 11.6 Å². The molecule has 7 heteroatoms. The molecule has 1 aliphatic heterocycles. The summed E-state index contributed by atoms with van der Waals surface area (Å²) in [6, 6.07) is 4.41. The van der Waals surface area contributed by atoms with Gasteiger partial charge < -0.3 is 9.47 Å². The number of halogens is 1. The van der Waals surface area contributed by atoms with Gasteiger partial charge in [-0.25, -0.2) is 8.42 Å². The quantitative estimate of drug-likeness (QED) is 0.858. The first-order valence-electron chi connectivity index (χ1n) is 5.73. The summed E-state index contributed by atoms with van der Waals surface area (Å²) in [6.45, 7) is 4.07. The monoisotopic (exact) mass is 305 g/mol. The number of sulfonamides is 1. The van der Waals surface area contributed by atoms with Gasteiger partial charge in [-0.1, -0.05) is 11.6 Å². The minimum atomic E-state index is -3.63. The van der Waals surface area contributed by atoms with Crippen LogP contribution < -0.4 is 4.74 Å². The molecule has 0 spiro atoms. The summed E-state index contributed by atoms with van der Waals surface area (Å²) in [5.41, 5.74) is -0.564. The smallest absolute Gasteiger partial charge is 0.245 e. The van der Waals surface area contributed by atoms with Gasteiger partial charge in [0.25, 0.3) is 0 Å². The van der Waals surface area contributed by atoms with Crippen molar-refractivity contribution in [3.63, 3.8) is 0 Å². The van der Waals surface area contributed by atoms with Crippen molar-refractivity contribution in [2.24, 2.45) is 0 Å². The van der Waals surface area contributed by atoms with E-state index in [-0.39, 0.29) is 16.6 Å². The second-order valence-electron chi connectivity index (χ2n) is 4.94. The van der Waals surface area contributed by atoms with Gasteiger partial charge >= 0.3 is 0 Å². The van der Waals surface area contributed by atoms with Crippen LogP contribution in [0.15, 0.2) is 23.1 Å². The van der Waals surface area contributed by atoms with Crippen molar-refractivity contribution in [3.8, 4) is 5.75 Å². The van der Waals surface area contributed by atoms with E-state index in [9.17, 15) is 8.42 Å². The number of methoxy groups -OCH3 is 1. The third-order valence-corrected chi connectivity index (χ3v) is 5.38. The van der Waals surface area contributed by atoms with Crippen LogP contribution in [-0.4, -0.2) is 38.7 Å². The molecule has 1 saturated heterocycles. The summed E-state index contributed by atoms with van der Waals surface area (Å²) < 4.78 is 36.7. The number of ether oxygens (including phenoxy) is 2. The van der Waals surface area contributed by atoms with Gasteiger partial charge in [0.15, 0.2) is 0 Å². The third kappa shape index (κ3) is 2.58. The molecule has 0 amide bonds. The highest BCUT2D eigenvalue weighted by molar-refractivity contribution is 7.89. The number of benzene rings is 1. The Bertz CT molecular complexity index is 585. The van der Waals surface area contributed by atoms with Crippen molar-refractivity contribution in [2.75, 3.05) is 20.4 Å². The molecular weight excluding hydrogens is 290 g/mol. The number of nitrogens with zero attached hydrogens (tertiary/aromatic N) is 1. The van der Waals surface area contributed by atoms with Crippen LogP contribution in [-0.2, 0) is 14.8 Å². The Labute approximate surface area is 118 Å². The summed E-state index contributed by atoms with van der Waals surface area (Å²) >= 11 is 5.97. The Morgan fingerprint density at radius 1 is 1.42 bits per heavy atom. The van der Waals surface area contributed by atoms with Crippen molar-refractivity contribution in [1.82, 2.24) is 4.31 Å². The molecule has 106 valence electrons. The molecule has 0 unspecified atom stereocenters. The van der Waals surface area contributed by atoms with E-state index >= 15 is 0 Å². The van der Waals surface area contributed by atoms with Crippen molar-refractivity contribution < 1.29 is 17.9 Å². The van der Waals surface area contributed by atoms with Crippen LogP contribution in [0, 0.1) is 0 Å². The Morgan fingerprint density at radius 3 is 2.58 bits per heavy atom. The summed E-state index contributed by atoms with van der Waals surface area (Å²) in [5.74, 6) is 0.442. The largest absolute Gasteiger partial charge is 0.495 e. The minimum absolute atomic E-state index is 0.0545. The fourth-order valence-electron chi connectivity index (χ4n) is 1.95. The molecule has 1 fully saturated rings. The fraction of sp³-hybridized carbons (Fsp3) is 0.500. The summed E-state index contributed by atoms with van der Waals surface area (Å²) in [7, 11) is -2.15. The van der Waals surface area contributed by atoms with Crippen LogP contribution in [0.1, 0.15) is 13.8 Å². The first-order chi connectivity index (χ1) is 8.79. The maximum absolute atomic E-state index is 12.5. The van der Waals surface area contributed by atoms with Crippen LogP contribution in [0.4, 0.5) is 0 Å². The third-order valence-electron chi connectivity index (χ3n) is 3.05. The molecule has 0 N–H and O–H groups in total.